The van der Waals surface area contributed by atoms with Gasteiger partial charge in [-0.25, -0.2) is 0 Å². The average Bonchev–Trinajstić information content (AvgIpc) is 3.39. The SMILES string of the molecule is CCCc1cc(OP(=O)(Oc2cc(CCC)[nH]n2)Oc2cc(CCC)[nH]n2)n[nH]1. The highest BCUT2D eigenvalue weighted by Gasteiger charge is 2.36. The molecule has 3 heterocycles. The minimum absolute atomic E-state index is 0.116. The Morgan fingerprint density at radius 3 is 1.28 bits per heavy atom. The first-order valence-corrected chi connectivity index (χ1v) is 11.3. The van der Waals surface area contributed by atoms with E-state index in [4.69, 9.17) is 13.6 Å². The van der Waals surface area contributed by atoms with E-state index >= 15 is 0 Å². The molecule has 10 nitrogen and oxygen atoms in total. The maximum absolute atomic E-state index is 13.4. The van der Waals surface area contributed by atoms with Crippen molar-refractivity contribution in [2.45, 2.75) is 59.3 Å². The molecular weight excluding hydrogens is 395 g/mol. The van der Waals surface area contributed by atoms with Crippen molar-refractivity contribution in [3.05, 3.63) is 35.3 Å². The number of aromatic nitrogens is 6. The summed E-state index contributed by atoms with van der Waals surface area (Å²) in [7, 11) is -4.15. The van der Waals surface area contributed by atoms with Gasteiger partial charge in [0.2, 0.25) is 17.6 Å². The lowest BCUT2D eigenvalue weighted by Gasteiger charge is -2.15. The van der Waals surface area contributed by atoms with E-state index in [1.54, 1.807) is 18.2 Å². The molecule has 0 radical (unpaired) electrons. The minimum atomic E-state index is -4.15. The van der Waals surface area contributed by atoms with Crippen molar-refractivity contribution < 1.29 is 18.1 Å². The predicted molar refractivity (Wildman–Crippen MR) is 107 cm³/mol. The normalized spacial score (nSPS) is 11.6. The van der Waals surface area contributed by atoms with Crippen LogP contribution in [0, 0.1) is 0 Å². The summed E-state index contributed by atoms with van der Waals surface area (Å²) >= 11 is 0. The number of hydrogen-bond acceptors (Lipinski definition) is 7. The molecule has 0 unspecified atom stereocenters. The fourth-order valence-electron chi connectivity index (χ4n) is 2.75. The molecule has 11 heteroatoms. The topological polar surface area (TPSA) is 131 Å². The van der Waals surface area contributed by atoms with Crippen molar-refractivity contribution in [3.8, 4) is 17.6 Å². The van der Waals surface area contributed by atoms with Crippen LogP contribution in [0.5, 0.6) is 17.6 Å². The van der Waals surface area contributed by atoms with Crippen molar-refractivity contribution in [1.82, 2.24) is 30.6 Å². The van der Waals surface area contributed by atoms with Gasteiger partial charge in [0, 0.05) is 35.3 Å². The first-order chi connectivity index (χ1) is 14.0. The highest BCUT2D eigenvalue weighted by Crippen LogP contribution is 2.48. The van der Waals surface area contributed by atoms with Crippen molar-refractivity contribution in [2.24, 2.45) is 0 Å². The molecule has 158 valence electrons. The van der Waals surface area contributed by atoms with E-state index in [1.165, 1.54) is 0 Å². The second-order valence-corrected chi connectivity index (χ2v) is 8.11. The van der Waals surface area contributed by atoms with E-state index in [9.17, 15) is 4.57 Å². The first-order valence-electron chi connectivity index (χ1n) is 9.85. The van der Waals surface area contributed by atoms with Gasteiger partial charge >= 0.3 is 7.82 Å². The van der Waals surface area contributed by atoms with Gasteiger partial charge in [-0.3, -0.25) is 15.3 Å². The van der Waals surface area contributed by atoms with E-state index in [0.29, 0.717) is 0 Å². The molecule has 3 aromatic rings. The van der Waals surface area contributed by atoms with E-state index < -0.39 is 7.82 Å². The number of aromatic amines is 3. The molecule has 0 aliphatic rings. The number of phosphoric ester groups is 1. The maximum Gasteiger partial charge on any atom is 0.651 e. The van der Waals surface area contributed by atoms with Gasteiger partial charge in [0.25, 0.3) is 0 Å². The maximum atomic E-state index is 13.4. The summed E-state index contributed by atoms with van der Waals surface area (Å²) < 4.78 is 30.0. The summed E-state index contributed by atoms with van der Waals surface area (Å²) in [6.07, 6.45) is 5.19. The van der Waals surface area contributed by atoms with Crippen LogP contribution in [-0.2, 0) is 23.8 Å². The molecule has 29 heavy (non-hydrogen) atoms. The van der Waals surface area contributed by atoms with E-state index in [-0.39, 0.29) is 17.6 Å². The first kappa shape index (κ1) is 21.0. The van der Waals surface area contributed by atoms with Crippen LogP contribution in [0.15, 0.2) is 18.2 Å². The Balaban J connectivity index is 1.80. The lowest BCUT2D eigenvalue weighted by Crippen LogP contribution is -2.08. The standard InChI is InChI=1S/C18H27N6O4P/c1-4-7-13-10-16(22-19-13)26-29(25,27-17-11-14(8-5-2)20-23-17)28-18-12-15(9-6-3)21-24-18/h10-12H,4-9H2,1-3H3,(H,19,22)(H,20,23)(H,21,24). The van der Waals surface area contributed by atoms with Gasteiger partial charge in [0.15, 0.2) is 0 Å². The molecule has 0 spiro atoms. The summed E-state index contributed by atoms with van der Waals surface area (Å²) in [6, 6.07) is 5.01. The van der Waals surface area contributed by atoms with Crippen molar-refractivity contribution in [3.63, 3.8) is 0 Å². The summed E-state index contributed by atoms with van der Waals surface area (Å²) in [4.78, 5) is 0. The summed E-state index contributed by atoms with van der Waals surface area (Å²) in [5.41, 5.74) is 2.59. The predicted octanol–water partition coefficient (Wildman–Crippen LogP) is 4.36. The van der Waals surface area contributed by atoms with Crippen LogP contribution >= 0.6 is 7.82 Å². The molecule has 3 N–H and O–H groups in total. The van der Waals surface area contributed by atoms with Crippen LogP contribution in [0.4, 0.5) is 0 Å². The molecule has 0 fully saturated rings. The Bertz CT molecular complexity index is 830. The zero-order chi connectivity index (χ0) is 20.7. The van der Waals surface area contributed by atoms with Crippen molar-refractivity contribution in [2.75, 3.05) is 0 Å². The molecule has 3 rings (SSSR count). The molecule has 0 aliphatic heterocycles. The fourth-order valence-corrected chi connectivity index (χ4v) is 3.83. The summed E-state index contributed by atoms with van der Waals surface area (Å²) in [5.74, 6) is 0.348. The Kier molecular flexibility index (Phi) is 6.98. The van der Waals surface area contributed by atoms with Crippen molar-refractivity contribution in [1.29, 1.82) is 0 Å². The molecule has 0 aromatic carbocycles. The Morgan fingerprint density at radius 2 is 1.00 bits per heavy atom. The van der Waals surface area contributed by atoms with Crippen molar-refractivity contribution >= 4 is 7.82 Å². The number of nitrogens with one attached hydrogen (secondary N) is 3. The van der Waals surface area contributed by atoms with Gasteiger partial charge in [-0.1, -0.05) is 40.0 Å². The lowest BCUT2D eigenvalue weighted by atomic mass is 10.3. The Morgan fingerprint density at radius 1 is 0.690 bits per heavy atom. The van der Waals surface area contributed by atoms with Crippen LogP contribution < -0.4 is 13.6 Å². The van der Waals surface area contributed by atoms with E-state index in [0.717, 1.165) is 55.6 Å². The van der Waals surface area contributed by atoms with Crippen LogP contribution in [-0.4, -0.2) is 30.6 Å². The largest absolute Gasteiger partial charge is 0.651 e. The van der Waals surface area contributed by atoms with Gasteiger partial charge in [-0.15, -0.1) is 15.3 Å². The zero-order valence-electron chi connectivity index (χ0n) is 16.9. The zero-order valence-corrected chi connectivity index (χ0v) is 17.8. The average molecular weight is 422 g/mol. The second kappa shape index (κ2) is 9.65. The Labute approximate surface area is 169 Å². The molecular formula is C18H27N6O4P. The van der Waals surface area contributed by atoms with Crippen LogP contribution in [0.3, 0.4) is 0 Å². The number of phosphoric acid groups is 1. The number of rotatable bonds is 12. The summed E-state index contributed by atoms with van der Waals surface area (Å²) in [5, 5.41) is 20.7. The Hall–Kier alpha value is -2.74. The minimum Gasteiger partial charge on any atom is -0.366 e. The van der Waals surface area contributed by atoms with Crippen LogP contribution in [0.25, 0.3) is 0 Å². The van der Waals surface area contributed by atoms with Gasteiger partial charge < -0.3 is 13.6 Å². The monoisotopic (exact) mass is 422 g/mol. The number of H-pyrrole nitrogens is 3. The molecule has 0 saturated heterocycles. The van der Waals surface area contributed by atoms with Gasteiger partial charge in [0.05, 0.1) is 0 Å². The number of nitrogens with zero attached hydrogens (tertiary/aromatic N) is 3. The lowest BCUT2D eigenvalue weighted by molar-refractivity contribution is 0.286. The quantitative estimate of drug-likeness (QED) is 0.370. The molecule has 0 atom stereocenters. The molecule has 0 bridgehead atoms. The van der Waals surface area contributed by atoms with Crippen LogP contribution in [0.1, 0.15) is 57.1 Å². The molecule has 0 saturated carbocycles. The van der Waals surface area contributed by atoms with Gasteiger partial charge in [0.1, 0.15) is 0 Å². The third-order valence-electron chi connectivity index (χ3n) is 4.00. The molecule has 0 amide bonds. The molecule has 3 aromatic heterocycles. The van der Waals surface area contributed by atoms with E-state index in [2.05, 4.69) is 51.4 Å². The highest BCUT2D eigenvalue weighted by molar-refractivity contribution is 7.49. The van der Waals surface area contributed by atoms with Crippen LogP contribution in [0.2, 0.25) is 0 Å². The number of hydrogen-bond donors (Lipinski definition) is 3. The third kappa shape index (κ3) is 5.87. The summed E-state index contributed by atoms with van der Waals surface area (Å²) in [6.45, 7) is 6.15. The van der Waals surface area contributed by atoms with Gasteiger partial charge in [-0.05, 0) is 19.3 Å². The van der Waals surface area contributed by atoms with E-state index in [1.807, 2.05) is 0 Å². The smallest absolute Gasteiger partial charge is 0.366 e. The highest BCUT2D eigenvalue weighted by atomic mass is 31.2. The number of aryl methyl sites for hydroxylation is 3. The fraction of sp³-hybridized carbons (Fsp3) is 0.500. The molecule has 0 aliphatic carbocycles. The van der Waals surface area contributed by atoms with Gasteiger partial charge in [-0.2, -0.15) is 4.57 Å². The second-order valence-electron chi connectivity index (χ2n) is 6.67. The third-order valence-corrected chi connectivity index (χ3v) is 5.23.